The Hall–Kier alpha value is -3.58. The molecule has 2 amide bonds. The number of carbonyl (C=O) groups excluding carboxylic acids is 2. The fourth-order valence-corrected chi connectivity index (χ4v) is 5.49. The summed E-state index contributed by atoms with van der Waals surface area (Å²) in [5.74, 6) is -0.640. The van der Waals surface area contributed by atoms with Crippen molar-refractivity contribution in [1.29, 1.82) is 0 Å². The first-order valence-electron chi connectivity index (χ1n) is 11.8. The number of Topliss-reactive ketones (excluding diaryl/α,β-unsaturated/α-hetero) is 1. The quantitative estimate of drug-likeness (QED) is 0.425. The van der Waals surface area contributed by atoms with Crippen LogP contribution in [-0.4, -0.2) is 60.5 Å². The van der Waals surface area contributed by atoms with Crippen molar-refractivity contribution >= 4 is 11.8 Å². The van der Waals surface area contributed by atoms with Gasteiger partial charge in [0.15, 0.2) is 0 Å². The van der Waals surface area contributed by atoms with Crippen molar-refractivity contribution in [1.82, 2.24) is 10.2 Å². The van der Waals surface area contributed by atoms with Crippen LogP contribution in [0.3, 0.4) is 0 Å². The number of halogens is 2. The van der Waals surface area contributed by atoms with Gasteiger partial charge in [0, 0.05) is 12.0 Å². The number of quaternary nitrogens is 1. The number of nitrogens with one attached hydrogen (secondary N) is 1. The highest BCUT2D eigenvalue weighted by atomic mass is 19.1. The van der Waals surface area contributed by atoms with Gasteiger partial charge in [-0.05, 0) is 35.4 Å². The Morgan fingerprint density at radius 3 is 2.11 bits per heavy atom. The van der Waals surface area contributed by atoms with Crippen LogP contribution in [0.25, 0.3) is 0 Å². The maximum absolute atomic E-state index is 13.7. The number of ketones is 1. The van der Waals surface area contributed by atoms with Crippen molar-refractivity contribution in [2.24, 2.45) is 0 Å². The number of likely N-dealkylation sites (tertiary alicyclic amines) is 1. The number of carbonyl (C=O) groups is 2. The van der Waals surface area contributed by atoms with Crippen molar-refractivity contribution in [3.05, 3.63) is 107 Å². The highest BCUT2D eigenvalue weighted by molar-refractivity contribution is 5.97. The molecule has 2 heterocycles. The van der Waals surface area contributed by atoms with E-state index in [4.69, 9.17) is 0 Å². The molecule has 1 unspecified atom stereocenters. The van der Waals surface area contributed by atoms with Gasteiger partial charge in [0.25, 0.3) is 0 Å². The Balaban J connectivity index is 1.39. The number of benzene rings is 3. The van der Waals surface area contributed by atoms with Crippen LogP contribution in [0.5, 0.6) is 0 Å². The predicted molar refractivity (Wildman–Crippen MR) is 129 cm³/mol. The Morgan fingerprint density at radius 1 is 0.971 bits per heavy atom. The molecule has 0 aromatic heterocycles. The fraction of sp³-hybridized carbons (Fsp3) is 0.286. The van der Waals surface area contributed by atoms with Gasteiger partial charge in [-0.15, -0.1) is 0 Å². The van der Waals surface area contributed by atoms with Crippen molar-refractivity contribution in [2.45, 2.75) is 18.0 Å². The van der Waals surface area contributed by atoms with E-state index in [1.54, 1.807) is 24.3 Å². The average molecular weight is 477 g/mol. The molecule has 0 radical (unpaired) electrons. The first-order valence-corrected chi connectivity index (χ1v) is 11.8. The molecule has 2 aliphatic heterocycles. The minimum atomic E-state index is -0.926. The lowest BCUT2D eigenvalue weighted by Gasteiger charge is -2.32. The molecule has 180 valence electrons. The van der Waals surface area contributed by atoms with Gasteiger partial charge >= 0.3 is 6.03 Å². The van der Waals surface area contributed by atoms with E-state index in [1.165, 1.54) is 24.3 Å². The molecule has 0 bridgehead atoms. The molecule has 1 N–H and O–H groups in total. The molecule has 0 spiro atoms. The zero-order valence-corrected chi connectivity index (χ0v) is 19.6. The summed E-state index contributed by atoms with van der Waals surface area (Å²) in [5.41, 5.74) is 1.23. The molecule has 0 aliphatic carbocycles. The number of rotatable bonds is 6. The second kappa shape index (κ2) is 8.89. The SMILES string of the molecule is C[N+]1(CC(=O)c2ccccc2)CC[C@@H](N2CC(c3ccc(F)cc3)(c3ccc(F)cc3)NC2=O)C1. The lowest BCUT2D eigenvalue weighted by atomic mass is 9.83. The van der Waals surface area contributed by atoms with Gasteiger partial charge < -0.3 is 14.7 Å². The highest BCUT2D eigenvalue weighted by Gasteiger charge is 2.50. The summed E-state index contributed by atoms with van der Waals surface area (Å²) in [6.45, 7) is 2.15. The molecule has 3 aromatic rings. The molecule has 35 heavy (non-hydrogen) atoms. The highest BCUT2D eigenvalue weighted by Crippen LogP contribution is 2.37. The Bertz CT molecular complexity index is 1190. The zero-order chi connectivity index (χ0) is 24.6. The monoisotopic (exact) mass is 476 g/mol. The van der Waals surface area contributed by atoms with Crippen molar-refractivity contribution in [3.8, 4) is 0 Å². The lowest BCUT2D eigenvalue weighted by molar-refractivity contribution is -0.890. The molecule has 3 aromatic carbocycles. The van der Waals surface area contributed by atoms with Gasteiger partial charge in [0.2, 0.25) is 5.78 Å². The van der Waals surface area contributed by atoms with E-state index in [2.05, 4.69) is 12.4 Å². The second-order valence-corrected chi connectivity index (χ2v) is 9.89. The number of hydrogen-bond donors (Lipinski definition) is 1. The summed E-state index contributed by atoms with van der Waals surface area (Å²) in [7, 11) is 2.06. The third kappa shape index (κ3) is 4.44. The number of likely N-dealkylation sites (N-methyl/N-ethyl adjacent to an activating group) is 1. The van der Waals surface area contributed by atoms with Crippen molar-refractivity contribution in [2.75, 3.05) is 33.2 Å². The first kappa shape index (κ1) is 23.2. The normalized spacial score (nSPS) is 23.3. The van der Waals surface area contributed by atoms with Crippen molar-refractivity contribution in [3.63, 3.8) is 0 Å². The maximum atomic E-state index is 13.7. The van der Waals surface area contributed by atoms with Crippen LogP contribution in [0.15, 0.2) is 78.9 Å². The van der Waals surface area contributed by atoms with Crippen LogP contribution < -0.4 is 5.32 Å². The van der Waals surface area contributed by atoms with Crippen molar-refractivity contribution < 1.29 is 22.9 Å². The van der Waals surface area contributed by atoms with E-state index in [1.807, 2.05) is 35.2 Å². The largest absolute Gasteiger partial charge is 0.323 e. The van der Waals surface area contributed by atoms with Crippen LogP contribution in [0.1, 0.15) is 27.9 Å². The minimum Gasteiger partial charge on any atom is -0.323 e. The molecule has 7 heteroatoms. The van der Waals surface area contributed by atoms with Gasteiger partial charge in [-0.2, -0.15) is 0 Å². The van der Waals surface area contributed by atoms with E-state index in [-0.39, 0.29) is 29.5 Å². The number of nitrogens with zero attached hydrogens (tertiary/aromatic N) is 2. The van der Waals surface area contributed by atoms with Crippen LogP contribution in [0, 0.1) is 11.6 Å². The minimum absolute atomic E-state index is 0.0497. The predicted octanol–water partition coefficient (Wildman–Crippen LogP) is 4.34. The smallest absolute Gasteiger partial charge is 0.319 e. The molecule has 5 rings (SSSR count). The van der Waals surface area contributed by atoms with Crippen LogP contribution in [0.2, 0.25) is 0 Å². The third-order valence-corrected chi connectivity index (χ3v) is 7.38. The summed E-state index contributed by atoms with van der Waals surface area (Å²) in [4.78, 5) is 28.0. The third-order valence-electron chi connectivity index (χ3n) is 7.38. The van der Waals surface area contributed by atoms with Gasteiger partial charge in [-0.25, -0.2) is 13.6 Å². The van der Waals surface area contributed by atoms with Crippen LogP contribution >= 0.6 is 0 Å². The van der Waals surface area contributed by atoms with Gasteiger partial charge in [-0.3, -0.25) is 4.79 Å². The van der Waals surface area contributed by atoms with E-state index in [0.29, 0.717) is 29.7 Å². The Kier molecular flexibility index (Phi) is 5.89. The van der Waals surface area contributed by atoms with Gasteiger partial charge in [-0.1, -0.05) is 54.6 Å². The summed E-state index contributed by atoms with van der Waals surface area (Å²) in [6, 6.07) is 21.1. The van der Waals surface area contributed by atoms with E-state index < -0.39 is 5.54 Å². The summed E-state index contributed by atoms with van der Waals surface area (Å²) >= 11 is 0. The zero-order valence-electron chi connectivity index (χ0n) is 19.6. The van der Waals surface area contributed by atoms with Gasteiger partial charge in [0.1, 0.15) is 23.7 Å². The number of amides is 2. The molecular formula is C28H28F2N3O2+. The summed E-state index contributed by atoms with van der Waals surface area (Å²) in [6.07, 6.45) is 0.773. The van der Waals surface area contributed by atoms with Gasteiger partial charge in [0.05, 0.1) is 32.7 Å². The summed E-state index contributed by atoms with van der Waals surface area (Å²) in [5, 5.41) is 3.13. The standard InChI is InChI=1S/C28H27F2N3O2/c1-33(18-26(34)20-5-3-2-4-6-20)16-15-25(17-33)32-19-28(31-27(32)35,21-7-11-23(29)12-8-21)22-9-13-24(30)14-10-22/h2-14,25H,15-19H2,1H3/p+1/t25-,33?/m1/s1. The molecular weight excluding hydrogens is 448 g/mol. The molecule has 2 atom stereocenters. The maximum Gasteiger partial charge on any atom is 0.319 e. The van der Waals surface area contributed by atoms with Crippen LogP contribution in [0.4, 0.5) is 13.6 Å². The molecule has 5 nitrogen and oxygen atoms in total. The summed E-state index contributed by atoms with van der Waals surface area (Å²) < 4.78 is 27.9. The molecule has 2 saturated heterocycles. The van der Waals surface area contributed by atoms with Crippen LogP contribution in [-0.2, 0) is 5.54 Å². The van der Waals surface area contributed by atoms with E-state index in [0.717, 1.165) is 24.1 Å². The number of urea groups is 1. The van der Waals surface area contributed by atoms with E-state index >= 15 is 0 Å². The van der Waals surface area contributed by atoms with E-state index in [9.17, 15) is 18.4 Å². The molecule has 2 aliphatic rings. The number of hydrogen-bond acceptors (Lipinski definition) is 2. The topological polar surface area (TPSA) is 49.4 Å². The fourth-order valence-electron chi connectivity index (χ4n) is 5.49. The lowest BCUT2D eigenvalue weighted by Crippen LogP contribution is -2.49. The Labute approximate surface area is 203 Å². The second-order valence-electron chi connectivity index (χ2n) is 9.89. The Morgan fingerprint density at radius 2 is 1.54 bits per heavy atom. The molecule has 2 fully saturated rings. The molecule has 0 saturated carbocycles. The first-order chi connectivity index (χ1) is 16.8. The average Bonchev–Trinajstić information content (AvgIpc) is 3.41.